The maximum Gasteiger partial charge on any atom is 0.326 e. The molecule has 0 fully saturated rings. The van der Waals surface area contributed by atoms with Crippen LogP contribution in [0.3, 0.4) is 0 Å². The van der Waals surface area contributed by atoms with E-state index in [0.717, 1.165) is 22.0 Å². The molecule has 0 aliphatic carbocycles. The number of aliphatic carboxylic acids is 1. The molecule has 3 amide bonds. The van der Waals surface area contributed by atoms with Gasteiger partial charge >= 0.3 is 5.97 Å². The fraction of sp³-hybridized carbons (Fsp3) is 0.406. The molecule has 5 unspecified atom stereocenters. The number of aromatic nitrogens is 1. The van der Waals surface area contributed by atoms with Crippen LogP contribution in [-0.2, 0) is 32.0 Å². The number of nitrogens with zero attached hydrogens (tertiary/aromatic N) is 1. The maximum atomic E-state index is 13.7. The highest BCUT2D eigenvalue weighted by Crippen LogP contribution is 2.19. The van der Waals surface area contributed by atoms with E-state index < -0.39 is 47.9 Å². The molecule has 0 aliphatic rings. The number of hydrogen-bond donors (Lipinski definition) is 8. The van der Waals surface area contributed by atoms with Crippen molar-refractivity contribution in [3.63, 3.8) is 0 Å². The zero-order chi connectivity index (χ0) is 32.9. The van der Waals surface area contributed by atoms with Gasteiger partial charge in [0, 0.05) is 30.1 Å². The summed E-state index contributed by atoms with van der Waals surface area (Å²) in [5, 5.41) is 18.7. The van der Waals surface area contributed by atoms with E-state index >= 15 is 0 Å². The number of nitrogens with one attached hydrogen (secondary N) is 4. The van der Waals surface area contributed by atoms with Crippen LogP contribution in [0.1, 0.15) is 44.2 Å². The number of aromatic amines is 1. The Labute approximate surface area is 262 Å². The minimum Gasteiger partial charge on any atom is -0.480 e. The number of carbonyl (C=O) groups excluding carboxylic acids is 3. The van der Waals surface area contributed by atoms with Crippen LogP contribution in [0.2, 0.25) is 0 Å². The number of rotatable bonds is 17. The summed E-state index contributed by atoms with van der Waals surface area (Å²) in [7, 11) is 0. The number of benzene rings is 2. The molecule has 0 saturated carbocycles. The van der Waals surface area contributed by atoms with E-state index in [1.165, 1.54) is 0 Å². The number of amides is 3. The summed E-state index contributed by atoms with van der Waals surface area (Å²) in [6, 6.07) is 12.6. The van der Waals surface area contributed by atoms with Gasteiger partial charge in [0.1, 0.15) is 18.1 Å². The Hall–Kier alpha value is -4.91. The molecule has 242 valence electrons. The lowest BCUT2D eigenvalue weighted by Gasteiger charge is -2.28. The van der Waals surface area contributed by atoms with E-state index in [2.05, 4.69) is 25.9 Å². The maximum absolute atomic E-state index is 13.7. The van der Waals surface area contributed by atoms with Crippen LogP contribution >= 0.6 is 0 Å². The van der Waals surface area contributed by atoms with Crippen molar-refractivity contribution < 1.29 is 24.3 Å². The molecule has 45 heavy (non-hydrogen) atoms. The number of guanidine groups is 1. The largest absolute Gasteiger partial charge is 0.480 e. The zero-order valence-corrected chi connectivity index (χ0v) is 25.7. The SMILES string of the molecule is CCC(C)C(NC(=O)C(Cc1ccccc1)NC(=O)C(N)Cc1c[nH]c2ccccc12)C(=O)NC(CCCN=C(N)N)C(=O)O. The van der Waals surface area contributed by atoms with Gasteiger partial charge in [0.25, 0.3) is 0 Å². The van der Waals surface area contributed by atoms with Crippen LogP contribution in [0.25, 0.3) is 10.9 Å². The van der Waals surface area contributed by atoms with Crippen molar-refractivity contribution in [3.8, 4) is 0 Å². The second kappa shape index (κ2) is 16.8. The highest BCUT2D eigenvalue weighted by molar-refractivity contribution is 5.94. The average Bonchev–Trinajstić information content (AvgIpc) is 3.43. The first-order valence-electron chi connectivity index (χ1n) is 15.0. The summed E-state index contributed by atoms with van der Waals surface area (Å²) >= 11 is 0. The van der Waals surface area contributed by atoms with E-state index in [9.17, 15) is 24.3 Å². The van der Waals surface area contributed by atoms with Gasteiger partial charge in [0.15, 0.2) is 5.96 Å². The van der Waals surface area contributed by atoms with Gasteiger partial charge in [-0.05, 0) is 42.4 Å². The molecule has 13 heteroatoms. The van der Waals surface area contributed by atoms with Crippen molar-refractivity contribution in [2.45, 2.75) is 70.1 Å². The zero-order valence-electron chi connectivity index (χ0n) is 25.7. The highest BCUT2D eigenvalue weighted by Gasteiger charge is 2.33. The summed E-state index contributed by atoms with van der Waals surface area (Å²) < 4.78 is 0. The Bertz CT molecular complexity index is 1470. The monoisotopic (exact) mass is 620 g/mol. The quantitative estimate of drug-likeness (QED) is 0.0613. The molecule has 0 saturated heterocycles. The first-order chi connectivity index (χ1) is 21.5. The van der Waals surface area contributed by atoms with Gasteiger partial charge in [-0.3, -0.25) is 19.4 Å². The summed E-state index contributed by atoms with van der Waals surface area (Å²) in [5.41, 5.74) is 19.5. The van der Waals surface area contributed by atoms with Crippen LogP contribution in [0.15, 0.2) is 65.8 Å². The lowest BCUT2D eigenvalue weighted by Crippen LogP contribution is -2.59. The summed E-state index contributed by atoms with van der Waals surface area (Å²) in [5.74, 6) is -3.43. The summed E-state index contributed by atoms with van der Waals surface area (Å²) in [4.78, 5) is 59.3. The third-order valence-corrected chi connectivity index (χ3v) is 7.72. The average molecular weight is 621 g/mol. The number of H-pyrrole nitrogens is 1. The van der Waals surface area contributed by atoms with Gasteiger partial charge in [-0.25, -0.2) is 4.79 Å². The van der Waals surface area contributed by atoms with Crippen molar-refractivity contribution in [2.24, 2.45) is 28.1 Å². The van der Waals surface area contributed by atoms with Gasteiger partial charge in [-0.1, -0.05) is 68.8 Å². The van der Waals surface area contributed by atoms with Crippen LogP contribution in [-0.4, -0.2) is 70.5 Å². The number of fused-ring (bicyclic) bond motifs is 1. The first kappa shape index (κ1) is 34.6. The molecule has 3 rings (SSSR count). The van der Waals surface area contributed by atoms with E-state index in [1.54, 1.807) is 6.92 Å². The van der Waals surface area contributed by atoms with Crippen LogP contribution in [0.4, 0.5) is 0 Å². The molecule has 2 aromatic carbocycles. The van der Waals surface area contributed by atoms with E-state index in [0.29, 0.717) is 12.8 Å². The standard InChI is InChI=1S/C32H44N8O5/c1-3-19(2)27(30(43)38-25(31(44)45)14-9-15-36-32(34)35)40-29(42)26(16-20-10-5-4-6-11-20)39-28(41)23(33)17-21-18-37-24-13-8-7-12-22(21)24/h4-8,10-13,18-19,23,25-27,37H,3,9,14-17,33H2,1-2H3,(H,38,43)(H,39,41)(H,40,42)(H,44,45)(H4,34,35,36). The number of aliphatic imine (C=N–C) groups is 1. The van der Waals surface area contributed by atoms with Crippen molar-refractivity contribution >= 4 is 40.6 Å². The molecule has 11 N–H and O–H groups in total. The second-order valence-electron chi connectivity index (χ2n) is 11.1. The Morgan fingerprint density at radius 1 is 0.889 bits per heavy atom. The van der Waals surface area contributed by atoms with Crippen molar-refractivity contribution in [3.05, 3.63) is 71.9 Å². The van der Waals surface area contributed by atoms with Crippen LogP contribution in [0.5, 0.6) is 0 Å². The molecule has 5 atom stereocenters. The Balaban J connectivity index is 1.75. The van der Waals surface area contributed by atoms with Gasteiger partial charge in [0.05, 0.1) is 6.04 Å². The minimum atomic E-state index is -1.22. The molecule has 0 aliphatic heterocycles. The van der Waals surface area contributed by atoms with E-state index in [1.807, 2.05) is 67.7 Å². The van der Waals surface area contributed by atoms with Crippen molar-refractivity contribution in [1.29, 1.82) is 0 Å². The molecule has 13 nitrogen and oxygen atoms in total. The number of para-hydroxylation sites is 1. The van der Waals surface area contributed by atoms with Gasteiger partial charge in [-0.2, -0.15) is 0 Å². The fourth-order valence-corrected chi connectivity index (χ4v) is 4.95. The van der Waals surface area contributed by atoms with Gasteiger partial charge < -0.3 is 43.2 Å². The molecule has 0 spiro atoms. The molecular weight excluding hydrogens is 576 g/mol. The molecule has 1 aromatic heterocycles. The van der Waals surface area contributed by atoms with Crippen molar-refractivity contribution in [1.82, 2.24) is 20.9 Å². The van der Waals surface area contributed by atoms with Crippen molar-refractivity contribution in [2.75, 3.05) is 6.54 Å². The van der Waals surface area contributed by atoms with Gasteiger partial charge in [-0.15, -0.1) is 0 Å². The number of carboxylic acids is 1. The fourth-order valence-electron chi connectivity index (χ4n) is 4.95. The number of carbonyl (C=O) groups is 4. The minimum absolute atomic E-state index is 0.0834. The molecule has 0 bridgehead atoms. The molecular formula is C32H44N8O5. The number of nitrogens with two attached hydrogens (primary N) is 3. The Morgan fingerprint density at radius 2 is 1.56 bits per heavy atom. The molecule has 0 radical (unpaired) electrons. The molecule has 1 heterocycles. The predicted octanol–water partition coefficient (Wildman–Crippen LogP) is 0.919. The van der Waals surface area contributed by atoms with Crippen LogP contribution in [0, 0.1) is 5.92 Å². The summed E-state index contributed by atoms with van der Waals surface area (Å²) in [6.07, 6.45) is 3.13. The normalized spacial score (nSPS) is 14.4. The number of carboxylic acid groups (broad SMARTS) is 1. The first-order valence-corrected chi connectivity index (χ1v) is 15.0. The molecule has 3 aromatic rings. The highest BCUT2D eigenvalue weighted by atomic mass is 16.4. The topological polar surface area (TPSA) is 231 Å². The smallest absolute Gasteiger partial charge is 0.326 e. The lowest BCUT2D eigenvalue weighted by atomic mass is 9.96. The summed E-state index contributed by atoms with van der Waals surface area (Å²) in [6.45, 7) is 3.84. The lowest BCUT2D eigenvalue weighted by molar-refractivity contribution is -0.142. The predicted molar refractivity (Wildman–Crippen MR) is 173 cm³/mol. The van der Waals surface area contributed by atoms with Crippen LogP contribution < -0.4 is 33.2 Å². The Morgan fingerprint density at radius 3 is 2.22 bits per heavy atom. The van der Waals surface area contributed by atoms with E-state index in [4.69, 9.17) is 17.2 Å². The number of hydrogen-bond acceptors (Lipinski definition) is 6. The van der Waals surface area contributed by atoms with Gasteiger partial charge in [0.2, 0.25) is 17.7 Å². The third-order valence-electron chi connectivity index (χ3n) is 7.72. The second-order valence-corrected chi connectivity index (χ2v) is 11.1. The Kier molecular flexibility index (Phi) is 12.9. The third kappa shape index (κ3) is 10.3. The van der Waals surface area contributed by atoms with E-state index in [-0.39, 0.29) is 37.7 Å².